The number of nitrogens with one attached hydrogen (secondary N) is 2. The summed E-state index contributed by atoms with van der Waals surface area (Å²) < 4.78 is 6.41. The van der Waals surface area contributed by atoms with Crippen molar-refractivity contribution in [2.75, 3.05) is 23.9 Å². The summed E-state index contributed by atoms with van der Waals surface area (Å²) in [4.78, 5) is 8.20. The molecule has 1 saturated heterocycles. The number of rotatable bonds is 5. The summed E-state index contributed by atoms with van der Waals surface area (Å²) in [5, 5.41) is 3.32. The minimum atomic E-state index is 0.352. The van der Waals surface area contributed by atoms with Crippen LogP contribution in [-0.4, -0.2) is 29.2 Å². The van der Waals surface area contributed by atoms with Gasteiger partial charge in [0.1, 0.15) is 16.6 Å². The standard InChI is InChI=1S/C11H18BrN5O/c1-2-8-7(3-4-18-8)5-14-10-9(12)11(17-13)16-6-15-10/h6-8H,2-5,13H2,1H3,(H2,14,15,16,17). The molecule has 100 valence electrons. The first-order valence-electron chi connectivity index (χ1n) is 6.08. The molecule has 1 aliphatic heterocycles. The Kier molecular flexibility index (Phi) is 4.73. The maximum atomic E-state index is 5.66. The molecule has 6 nitrogen and oxygen atoms in total. The second-order valence-electron chi connectivity index (χ2n) is 4.28. The molecular formula is C11H18BrN5O. The number of nitrogen functional groups attached to an aromatic ring is 1. The fourth-order valence-corrected chi connectivity index (χ4v) is 2.66. The molecule has 18 heavy (non-hydrogen) atoms. The van der Waals surface area contributed by atoms with Crippen molar-refractivity contribution in [3.63, 3.8) is 0 Å². The topological polar surface area (TPSA) is 85.1 Å². The maximum Gasteiger partial charge on any atom is 0.159 e. The molecule has 0 amide bonds. The molecule has 1 aromatic heterocycles. The minimum Gasteiger partial charge on any atom is -0.378 e. The van der Waals surface area contributed by atoms with Crippen molar-refractivity contribution in [1.82, 2.24) is 9.97 Å². The lowest BCUT2D eigenvalue weighted by molar-refractivity contribution is 0.0900. The lowest BCUT2D eigenvalue weighted by atomic mass is 10.00. The molecule has 2 unspecified atom stereocenters. The molecule has 2 atom stereocenters. The van der Waals surface area contributed by atoms with Crippen molar-refractivity contribution in [3.05, 3.63) is 10.8 Å². The summed E-state index contributed by atoms with van der Waals surface area (Å²) in [5.41, 5.74) is 2.52. The number of hydrogen-bond acceptors (Lipinski definition) is 6. The van der Waals surface area contributed by atoms with Crippen molar-refractivity contribution in [2.45, 2.75) is 25.9 Å². The number of hydrogen-bond donors (Lipinski definition) is 3. The molecule has 0 saturated carbocycles. The second kappa shape index (κ2) is 6.31. The maximum absolute atomic E-state index is 5.66. The first-order valence-corrected chi connectivity index (χ1v) is 6.88. The van der Waals surface area contributed by atoms with E-state index in [0.29, 0.717) is 17.8 Å². The van der Waals surface area contributed by atoms with Gasteiger partial charge in [-0.25, -0.2) is 15.8 Å². The molecular weight excluding hydrogens is 298 g/mol. The van der Waals surface area contributed by atoms with Gasteiger partial charge in [0.2, 0.25) is 0 Å². The molecule has 4 N–H and O–H groups in total. The van der Waals surface area contributed by atoms with Gasteiger partial charge in [-0.15, -0.1) is 0 Å². The van der Waals surface area contributed by atoms with Crippen molar-refractivity contribution < 1.29 is 4.74 Å². The molecule has 1 aromatic rings. The average molecular weight is 316 g/mol. The van der Waals surface area contributed by atoms with Crippen LogP contribution in [0, 0.1) is 5.92 Å². The molecule has 2 rings (SSSR count). The SMILES string of the molecule is CCC1OCCC1CNc1ncnc(NN)c1Br. The van der Waals surface area contributed by atoms with Gasteiger partial charge >= 0.3 is 0 Å². The third-order valence-corrected chi connectivity index (χ3v) is 3.96. The average Bonchev–Trinajstić information content (AvgIpc) is 2.85. The highest BCUT2D eigenvalue weighted by molar-refractivity contribution is 9.10. The van der Waals surface area contributed by atoms with E-state index in [9.17, 15) is 0 Å². The van der Waals surface area contributed by atoms with Gasteiger partial charge in [-0.3, -0.25) is 0 Å². The molecule has 0 spiro atoms. The summed E-state index contributed by atoms with van der Waals surface area (Å²) in [6.07, 6.45) is 3.97. The first kappa shape index (κ1) is 13.5. The smallest absolute Gasteiger partial charge is 0.159 e. The van der Waals surface area contributed by atoms with E-state index in [0.717, 1.165) is 36.3 Å². The van der Waals surface area contributed by atoms with Gasteiger partial charge in [-0.2, -0.15) is 0 Å². The molecule has 0 bridgehead atoms. The Morgan fingerprint density at radius 2 is 2.28 bits per heavy atom. The van der Waals surface area contributed by atoms with E-state index in [1.165, 1.54) is 6.33 Å². The predicted molar refractivity (Wildman–Crippen MR) is 74.2 cm³/mol. The third kappa shape index (κ3) is 2.90. The highest BCUT2D eigenvalue weighted by Gasteiger charge is 2.26. The van der Waals surface area contributed by atoms with Crippen LogP contribution in [0.15, 0.2) is 10.8 Å². The zero-order chi connectivity index (χ0) is 13.0. The number of anilines is 2. The van der Waals surface area contributed by atoms with E-state index in [1.807, 2.05) is 0 Å². The predicted octanol–water partition coefficient (Wildman–Crippen LogP) is 1.75. The van der Waals surface area contributed by atoms with Gasteiger partial charge < -0.3 is 15.5 Å². The van der Waals surface area contributed by atoms with Crippen LogP contribution in [0.4, 0.5) is 11.6 Å². The summed E-state index contributed by atoms with van der Waals surface area (Å²) in [5.74, 6) is 7.22. The van der Waals surface area contributed by atoms with Gasteiger partial charge in [-0.05, 0) is 28.8 Å². The number of halogens is 1. The van der Waals surface area contributed by atoms with Crippen molar-refractivity contribution in [3.8, 4) is 0 Å². The second-order valence-corrected chi connectivity index (χ2v) is 5.07. The zero-order valence-electron chi connectivity index (χ0n) is 10.3. The first-order chi connectivity index (χ1) is 8.76. The van der Waals surface area contributed by atoms with Gasteiger partial charge in [0, 0.05) is 19.1 Å². The molecule has 0 aliphatic carbocycles. The zero-order valence-corrected chi connectivity index (χ0v) is 11.9. The Balaban J connectivity index is 1.98. The fraction of sp³-hybridized carbons (Fsp3) is 0.636. The van der Waals surface area contributed by atoms with Gasteiger partial charge in [0.05, 0.1) is 6.10 Å². The highest BCUT2D eigenvalue weighted by Crippen LogP contribution is 2.28. The molecule has 1 fully saturated rings. The number of nitrogens with zero attached hydrogens (tertiary/aromatic N) is 2. The normalized spacial score (nSPS) is 23.1. The van der Waals surface area contributed by atoms with Crippen LogP contribution in [0.25, 0.3) is 0 Å². The van der Waals surface area contributed by atoms with Crippen LogP contribution in [0.3, 0.4) is 0 Å². The number of ether oxygens (including phenoxy) is 1. The fourth-order valence-electron chi connectivity index (χ4n) is 2.20. The highest BCUT2D eigenvalue weighted by atomic mass is 79.9. The van der Waals surface area contributed by atoms with Gasteiger partial charge in [-0.1, -0.05) is 6.92 Å². The largest absolute Gasteiger partial charge is 0.378 e. The number of hydrazine groups is 1. The van der Waals surface area contributed by atoms with E-state index in [2.05, 4.69) is 43.6 Å². The molecule has 2 heterocycles. The van der Waals surface area contributed by atoms with E-state index in [4.69, 9.17) is 10.6 Å². The molecule has 0 radical (unpaired) electrons. The van der Waals surface area contributed by atoms with Crippen LogP contribution in [0.2, 0.25) is 0 Å². The quantitative estimate of drug-likeness (QED) is 0.567. The Bertz CT molecular complexity index is 403. The van der Waals surface area contributed by atoms with Crippen molar-refractivity contribution in [2.24, 2.45) is 11.8 Å². The van der Waals surface area contributed by atoms with Crippen molar-refractivity contribution in [1.29, 1.82) is 0 Å². The summed E-state index contributed by atoms with van der Waals surface area (Å²) in [6.45, 7) is 3.85. The van der Waals surface area contributed by atoms with Crippen LogP contribution >= 0.6 is 15.9 Å². The lowest BCUT2D eigenvalue weighted by Gasteiger charge is -2.18. The molecule has 7 heteroatoms. The van der Waals surface area contributed by atoms with E-state index in [-0.39, 0.29) is 0 Å². The Labute approximate surface area is 115 Å². The van der Waals surface area contributed by atoms with E-state index >= 15 is 0 Å². The minimum absolute atomic E-state index is 0.352. The number of nitrogens with two attached hydrogens (primary N) is 1. The Morgan fingerprint density at radius 3 is 3.00 bits per heavy atom. The number of aromatic nitrogens is 2. The van der Waals surface area contributed by atoms with Crippen LogP contribution in [0.5, 0.6) is 0 Å². The van der Waals surface area contributed by atoms with Crippen LogP contribution < -0.4 is 16.6 Å². The van der Waals surface area contributed by atoms with E-state index in [1.54, 1.807) is 0 Å². The summed E-state index contributed by atoms with van der Waals surface area (Å²) in [7, 11) is 0. The Morgan fingerprint density at radius 1 is 1.50 bits per heavy atom. The van der Waals surface area contributed by atoms with Crippen molar-refractivity contribution >= 4 is 27.6 Å². The third-order valence-electron chi connectivity index (χ3n) is 3.21. The molecule has 0 aromatic carbocycles. The monoisotopic (exact) mass is 315 g/mol. The van der Waals surface area contributed by atoms with E-state index < -0.39 is 0 Å². The summed E-state index contributed by atoms with van der Waals surface area (Å²) in [6, 6.07) is 0. The lowest BCUT2D eigenvalue weighted by Crippen LogP contribution is -2.23. The molecule has 1 aliphatic rings. The summed E-state index contributed by atoms with van der Waals surface area (Å²) >= 11 is 3.42. The van der Waals surface area contributed by atoms with Crippen LogP contribution in [-0.2, 0) is 4.74 Å². The Hall–Kier alpha value is -0.920. The van der Waals surface area contributed by atoms with Crippen LogP contribution in [0.1, 0.15) is 19.8 Å². The van der Waals surface area contributed by atoms with Gasteiger partial charge in [0.15, 0.2) is 5.82 Å². The van der Waals surface area contributed by atoms with Gasteiger partial charge in [0.25, 0.3) is 0 Å².